The molecule has 0 N–H and O–H groups in total. The number of hydrogen-bond acceptors (Lipinski definition) is 2. The molecule has 13 heavy (non-hydrogen) atoms. The monoisotopic (exact) mass is 251 g/mol. The van der Waals surface area contributed by atoms with Gasteiger partial charge in [0.25, 0.3) is 0 Å². The molecule has 2 nitrogen and oxygen atoms in total. The van der Waals surface area contributed by atoms with E-state index in [0.29, 0.717) is 12.0 Å². The Morgan fingerprint density at radius 1 is 1.31 bits per heavy atom. The summed E-state index contributed by atoms with van der Waals surface area (Å²) in [6.45, 7) is 9.27. The van der Waals surface area contributed by atoms with Gasteiger partial charge in [-0.15, -0.1) is 0 Å². The highest BCUT2D eigenvalue weighted by Gasteiger charge is 2.06. The summed E-state index contributed by atoms with van der Waals surface area (Å²) in [6.07, 6.45) is 0. The second-order valence-corrected chi connectivity index (χ2v) is 4.60. The van der Waals surface area contributed by atoms with Crippen molar-refractivity contribution in [3.05, 3.63) is 0 Å². The standard InChI is InChI=1S/C10H22BrNO/c1-9(2)8-13-6-5-12(4)10(3)7-11/h9-10H,5-8H2,1-4H3. The van der Waals surface area contributed by atoms with Crippen LogP contribution >= 0.6 is 15.9 Å². The molecule has 0 aliphatic heterocycles. The minimum absolute atomic E-state index is 0.586. The van der Waals surface area contributed by atoms with Gasteiger partial charge in [0.2, 0.25) is 0 Å². The summed E-state index contributed by atoms with van der Waals surface area (Å²) < 4.78 is 5.50. The van der Waals surface area contributed by atoms with Crippen LogP contribution in [-0.4, -0.2) is 43.1 Å². The molecule has 0 heterocycles. The first kappa shape index (κ1) is 13.4. The first-order chi connectivity index (χ1) is 6.07. The summed E-state index contributed by atoms with van der Waals surface area (Å²) in [5, 5.41) is 1.02. The molecule has 0 rings (SSSR count). The van der Waals surface area contributed by atoms with Gasteiger partial charge in [0.1, 0.15) is 0 Å². The Morgan fingerprint density at radius 2 is 1.92 bits per heavy atom. The normalized spacial score (nSPS) is 14.1. The van der Waals surface area contributed by atoms with Gasteiger partial charge in [-0.3, -0.25) is 0 Å². The first-order valence-electron chi connectivity index (χ1n) is 4.91. The van der Waals surface area contributed by atoms with E-state index < -0.39 is 0 Å². The highest BCUT2D eigenvalue weighted by atomic mass is 79.9. The molecule has 0 fully saturated rings. The molecule has 0 saturated carbocycles. The van der Waals surface area contributed by atoms with E-state index >= 15 is 0 Å². The molecule has 1 unspecified atom stereocenters. The third-order valence-electron chi connectivity index (χ3n) is 2.02. The zero-order chi connectivity index (χ0) is 10.3. The molecule has 0 aliphatic rings. The van der Waals surface area contributed by atoms with E-state index in [2.05, 4.69) is 48.6 Å². The van der Waals surface area contributed by atoms with Crippen LogP contribution in [0.15, 0.2) is 0 Å². The van der Waals surface area contributed by atoms with Crippen molar-refractivity contribution in [1.29, 1.82) is 0 Å². The zero-order valence-electron chi connectivity index (χ0n) is 9.22. The van der Waals surface area contributed by atoms with Gasteiger partial charge in [0.05, 0.1) is 6.61 Å². The Morgan fingerprint density at radius 3 is 2.38 bits per heavy atom. The molecule has 0 aromatic carbocycles. The maximum Gasteiger partial charge on any atom is 0.0593 e. The van der Waals surface area contributed by atoms with Crippen molar-refractivity contribution in [2.24, 2.45) is 5.92 Å². The van der Waals surface area contributed by atoms with E-state index in [4.69, 9.17) is 4.74 Å². The number of hydrogen-bond donors (Lipinski definition) is 0. The van der Waals surface area contributed by atoms with Crippen LogP contribution in [0.25, 0.3) is 0 Å². The molecule has 0 bridgehead atoms. The molecule has 0 spiro atoms. The number of rotatable bonds is 7. The molecule has 1 atom stereocenters. The lowest BCUT2D eigenvalue weighted by Gasteiger charge is -2.22. The van der Waals surface area contributed by atoms with E-state index in [0.717, 1.165) is 25.1 Å². The first-order valence-corrected chi connectivity index (χ1v) is 6.04. The van der Waals surface area contributed by atoms with Crippen molar-refractivity contribution in [1.82, 2.24) is 4.90 Å². The van der Waals surface area contributed by atoms with Crippen molar-refractivity contribution < 1.29 is 4.74 Å². The Balaban J connectivity index is 3.31. The van der Waals surface area contributed by atoms with Crippen LogP contribution in [0.5, 0.6) is 0 Å². The molecule has 80 valence electrons. The second-order valence-electron chi connectivity index (χ2n) is 3.95. The predicted molar refractivity (Wildman–Crippen MR) is 61.5 cm³/mol. The molecule has 0 radical (unpaired) electrons. The number of likely N-dealkylation sites (N-methyl/N-ethyl adjacent to an activating group) is 1. The van der Waals surface area contributed by atoms with Gasteiger partial charge in [0.15, 0.2) is 0 Å². The van der Waals surface area contributed by atoms with Crippen LogP contribution in [0.2, 0.25) is 0 Å². The average Bonchev–Trinajstić information content (AvgIpc) is 2.10. The molecule has 0 aliphatic carbocycles. The fraction of sp³-hybridized carbons (Fsp3) is 1.00. The van der Waals surface area contributed by atoms with E-state index in [9.17, 15) is 0 Å². The molecular formula is C10H22BrNO. The zero-order valence-corrected chi connectivity index (χ0v) is 10.8. The third kappa shape index (κ3) is 7.47. The summed E-state index contributed by atoms with van der Waals surface area (Å²) in [5.74, 6) is 0.638. The Hall–Kier alpha value is 0.400. The Bertz CT molecular complexity index is 119. The molecule has 0 amide bonds. The molecule has 0 saturated heterocycles. The lowest BCUT2D eigenvalue weighted by atomic mass is 10.2. The van der Waals surface area contributed by atoms with Gasteiger partial charge in [-0.2, -0.15) is 0 Å². The average molecular weight is 252 g/mol. The van der Waals surface area contributed by atoms with Crippen LogP contribution in [0.3, 0.4) is 0 Å². The van der Waals surface area contributed by atoms with Gasteiger partial charge >= 0.3 is 0 Å². The van der Waals surface area contributed by atoms with Gasteiger partial charge in [-0.25, -0.2) is 0 Å². The van der Waals surface area contributed by atoms with Gasteiger partial charge < -0.3 is 9.64 Å². The highest BCUT2D eigenvalue weighted by molar-refractivity contribution is 9.09. The lowest BCUT2D eigenvalue weighted by molar-refractivity contribution is 0.0856. The van der Waals surface area contributed by atoms with E-state index in [-0.39, 0.29) is 0 Å². The van der Waals surface area contributed by atoms with E-state index in [1.807, 2.05) is 0 Å². The fourth-order valence-electron chi connectivity index (χ4n) is 0.866. The maximum absolute atomic E-state index is 5.50. The van der Waals surface area contributed by atoms with Crippen molar-refractivity contribution in [2.45, 2.75) is 26.8 Å². The Kier molecular flexibility index (Phi) is 8.01. The predicted octanol–water partition coefficient (Wildman–Crippen LogP) is 2.37. The van der Waals surface area contributed by atoms with Crippen molar-refractivity contribution in [3.63, 3.8) is 0 Å². The van der Waals surface area contributed by atoms with Crippen molar-refractivity contribution in [2.75, 3.05) is 32.1 Å². The summed E-state index contributed by atoms with van der Waals surface area (Å²) >= 11 is 3.47. The minimum Gasteiger partial charge on any atom is -0.380 e. The van der Waals surface area contributed by atoms with Crippen molar-refractivity contribution >= 4 is 15.9 Å². The number of halogens is 1. The molecule has 0 aromatic heterocycles. The minimum atomic E-state index is 0.586. The SMILES string of the molecule is CC(C)COCCN(C)C(C)CBr. The fourth-order valence-corrected chi connectivity index (χ4v) is 1.36. The Labute approximate surface area is 90.8 Å². The smallest absolute Gasteiger partial charge is 0.0593 e. The van der Waals surface area contributed by atoms with Crippen LogP contribution in [0, 0.1) is 5.92 Å². The summed E-state index contributed by atoms with van der Waals surface area (Å²) in [7, 11) is 2.13. The third-order valence-corrected chi connectivity index (χ3v) is 2.95. The summed E-state index contributed by atoms with van der Waals surface area (Å²) in [6, 6.07) is 0.586. The van der Waals surface area contributed by atoms with Gasteiger partial charge in [-0.05, 0) is 19.9 Å². The maximum atomic E-state index is 5.50. The molecular weight excluding hydrogens is 230 g/mol. The van der Waals surface area contributed by atoms with Crippen LogP contribution in [-0.2, 0) is 4.74 Å². The summed E-state index contributed by atoms with van der Waals surface area (Å²) in [5.41, 5.74) is 0. The number of alkyl halides is 1. The quantitative estimate of drug-likeness (QED) is 0.509. The van der Waals surface area contributed by atoms with Crippen LogP contribution < -0.4 is 0 Å². The summed E-state index contributed by atoms with van der Waals surface area (Å²) in [4.78, 5) is 2.30. The van der Waals surface area contributed by atoms with E-state index in [1.54, 1.807) is 0 Å². The topological polar surface area (TPSA) is 12.5 Å². The molecule has 3 heteroatoms. The number of ether oxygens (including phenoxy) is 1. The largest absolute Gasteiger partial charge is 0.380 e. The lowest BCUT2D eigenvalue weighted by Crippen LogP contribution is -2.33. The van der Waals surface area contributed by atoms with E-state index in [1.165, 1.54) is 0 Å². The van der Waals surface area contributed by atoms with Crippen molar-refractivity contribution in [3.8, 4) is 0 Å². The molecule has 0 aromatic rings. The van der Waals surface area contributed by atoms with Gasteiger partial charge in [0, 0.05) is 24.5 Å². The highest BCUT2D eigenvalue weighted by Crippen LogP contribution is 1.99. The van der Waals surface area contributed by atoms with Crippen LogP contribution in [0.4, 0.5) is 0 Å². The number of nitrogens with zero attached hydrogens (tertiary/aromatic N) is 1. The van der Waals surface area contributed by atoms with Gasteiger partial charge in [-0.1, -0.05) is 29.8 Å². The van der Waals surface area contributed by atoms with Crippen LogP contribution in [0.1, 0.15) is 20.8 Å². The second kappa shape index (κ2) is 7.77.